The number of aliphatic hydroxyl groups is 1. The third-order valence-electron chi connectivity index (χ3n) is 6.20. The van der Waals surface area contributed by atoms with Crippen molar-refractivity contribution in [3.63, 3.8) is 0 Å². The highest BCUT2D eigenvalue weighted by molar-refractivity contribution is 6.32. The average Bonchev–Trinajstić information content (AvgIpc) is 3.38. The Morgan fingerprint density at radius 1 is 1.17 bits per heavy atom. The molecule has 2 heterocycles. The molecule has 7 nitrogen and oxygen atoms in total. The van der Waals surface area contributed by atoms with E-state index >= 15 is 0 Å². The van der Waals surface area contributed by atoms with Crippen molar-refractivity contribution in [1.29, 1.82) is 0 Å². The Balaban J connectivity index is 0.000000428. The van der Waals surface area contributed by atoms with Crippen LogP contribution in [0.2, 0.25) is 5.02 Å². The summed E-state index contributed by atoms with van der Waals surface area (Å²) >= 11 is 11.7. The molecule has 236 valence electrons. The molecular weight excluding hydrogens is 585 g/mol. The van der Waals surface area contributed by atoms with Crippen molar-refractivity contribution in [3.05, 3.63) is 63.7 Å². The highest BCUT2D eigenvalue weighted by Gasteiger charge is 2.30. The van der Waals surface area contributed by atoms with Gasteiger partial charge in [-0.25, -0.2) is 8.78 Å². The molecule has 42 heavy (non-hydrogen) atoms. The summed E-state index contributed by atoms with van der Waals surface area (Å²) in [5.41, 5.74) is 1.46. The molecule has 2 amide bonds. The monoisotopic (exact) mass is 630 g/mol. The van der Waals surface area contributed by atoms with Crippen LogP contribution in [0, 0.1) is 17.2 Å². The van der Waals surface area contributed by atoms with Crippen LogP contribution in [0.4, 0.5) is 14.5 Å². The molecule has 2 saturated heterocycles. The number of allylic oxidation sites excluding steroid dienone is 5. The van der Waals surface area contributed by atoms with Gasteiger partial charge in [0, 0.05) is 56.8 Å². The van der Waals surface area contributed by atoms with Gasteiger partial charge in [-0.2, -0.15) is 0 Å². The maximum absolute atomic E-state index is 14.3. The molecule has 11 heteroatoms. The fraction of sp³-hybridized carbons (Fsp3) is 0.548. The first-order valence-electron chi connectivity index (χ1n) is 14.1. The first-order chi connectivity index (χ1) is 19.8. The van der Waals surface area contributed by atoms with E-state index in [1.165, 1.54) is 24.3 Å². The number of piperidine rings is 1. The molecule has 0 unspecified atom stereocenters. The van der Waals surface area contributed by atoms with Crippen LogP contribution in [0.5, 0.6) is 0 Å². The second-order valence-corrected chi connectivity index (χ2v) is 12.6. The molecule has 2 fully saturated rings. The third-order valence-corrected chi connectivity index (χ3v) is 6.80. The Morgan fingerprint density at radius 3 is 2.38 bits per heavy atom. The number of hydrogen-bond acceptors (Lipinski definition) is 5. The number of aliphatic hydroxyl groups excluding tert-OH is 1. The normalized spacial score (nSPS) is 20.3. The van der Waals surface area contributed by atoms with E-state index in [4.69, 9.17) is 23.2 Å². The van der Waals surface area contributed by atoms with Crippen molar-refractivity contribution in [2.24, 2.45) is 11.3 Å². The number of halogens is 4. The van der Waals surface area contributed by atoms with Crippen LogP contribution in [-0.4, -0.2) is 68.2 Å². The van der Waals surface area contributed by atoms with E-state index < -0.39 is 11.6 Å². The third kappa shape index (κ3) is 15.3. The fourth-order valence-electron chi connectivity index (χ4n) is 4.22. The summed E-state index contributed by atoms with van der Waals surface area (Å²) in [5, 5.41) is 17.4. The molecule has 0 aliphatic carbocycles. The number of benzene rings is 1. The smallest absolute Gasteiger partial charge is 0.211 e. The molecule has 1 aromatic carbocycles. The van der Waals surface area contributed by atoms with Crippen molar-refractivity contribution in [3.8, 4) is 0 Å². The Morgan fingerprint density at radius 2 is 1.81 bits per heavy atom. The van der Waals surface area contributed by atoms with Crippen molar-refractivity contribution >= 4 is 41.7 Å². The predicted octanol–water partition coefficient (Wildman–Crippen LogP) is 6.14. The number of rotatable bonds is 10. The molecule has 2 aliphatic rings. The maximum atomic E-state index is 14.3. The van der Waals surface area contributed by atoms with Crippen molar-refractivity contribution in [2.75, 3.05) is 44.6 Å². The molecule has 0 spiro atoms. The lowest BCUT2D eigenvalue weighted by molar-refractivity contribution is -0.109. The number of likely N-dealkylation sites (tertiary alicyclic amines) is 1. The first kappa shape index (κ1) is 37.7. The second kappa shape index (κ2) is 19.8. The Kier molecular flexibility index (Phi) is 17.8. The number of amides is 2. The van der Waals surface area contributed by atoms with Gasteiger partial charge in [0.2, 0.25) is 12.8 Å². The largest absolute Gasteiger partial charge is 0.393 e. The molecule has 0 bridgehead atoms. The van der Waals surface area contributed by atoms with Crippen LogP contribution in [0.15, 0.2) is 47.3 Å². The van der Waals surface area contributed by atoms with Gasteiger partial charge in [0.05, 0.1) is 16.2 Å². The van der Waals surface area contributed by atoms with Crippen LogP contribution in [-0.2, 0) is 9.59 Å². The Bertz CT molecular complexity index is 1060. The first-order valence-corrected chi connectivity index (χ1v) is 14.9. The van der Waals surface area contributed by atoms with Crippen LogP contribution in [0.1, 0.15) is 58.9 Å². The van der Waals surface area contributed by atoms with Gasteiger partial charge in [-0.05, 0) is 55.0 Å². The zero-order valence-corrected chi connectivity index (χ0v) is 26.7. The second-order valence-electron chi connectivity index (χ2n) is 11.7. The molecule has 0 aromatic heterocycles. The summed E-state index contributed by atoms with van der Waals surface area (Å²) < 4.78 is 28.2. The van der Waals surface area contributed by atoms with Gasteiger partial charge in [0.1, 0.15) is 11.6 Å². The summed E-state index contributed by atoms with van der Waals surface area (Å²) in [7, 11) is 0. The van der Waals surface area contributed by atoms with Gasteiger partial charge in [0.15, 0.2) is 0 Å². The van der Waals surface area contributed by atoms with Crippen LogP contribution >= 0.6 is 23.2 Å². The molecule has 4 N–H and O–H groups in total. The lowest BCUT2D eigenvalue weighted by atomic mass is 9.87. The summed E-state index contributed by atoms with van der Waals surface area (Å²) in [6.07, 6.45) is 9.10. The van der Waals surface area contributed by atoms with Crippen LogP contribution in [0.25, 0.3) is 0 Å². The van der Waals surface area contributed by atoms with E-state index in [-0.39, 0.29) is 28.0 Å². The standard InChI is InChI=1S/C18H18Cl2F2N2O.C8H16N2O2.C5H12/c1-2-3-4-14(19)16(21)5-11-8-23-9-13(11)12-6-17(22)15(20)7-18(12)24-10-25;11-7-9-3-6-10-4-1-8(12)2-5-10;1-5(2,3)4/h2-7,10-11,13,23H,8-9H2,1H3,(H,24,25);7-8,12H,1-6H2,(H,9,11);1-4H3/b3-2-,14-4+,16-5-;;/t11-,13+;;/m0../s1. The van der Waals surface area contributed by atoms with E-state index in [2.05, 4.69) is 48.5 Å². The molecule has 2 atom stereocenters. The topological polar surface area (TPSA) is 93.7 Å². The Hall–Kier alpha value is -2.30. The summed E-state index contributed by atoms with van der Waals surface area (Å²) in [6.45, 7) is 15.1. The molecule has 0 radical (unpaired) electrons. The minimum atomic E-state index is -0.589. The number of nitrogens with one attached hydrogen (secondary N) is 3. The maximum Gasteiger partial charge on any atom is 0.211 e. The summed E-state index contributed by atoms with van der Waals surface area (Å²) in [4.78, 5) is 23.0. The van der Waals surface area contributed by atoms with E-state index in [1.807, 2.05) is 0 Å². The van der Waals surface area contributed by atoms with E-state index in [0.29, 0.717) is 42.7 Å². The van der Waals surface area contributed by atoms with Gasteiger partial charge in [-0.1, -0.05) is 63.0 Å². The van der Waals surface area contributed by atoms with Crippen molar-refractivity contribution in [1.82, 2.24) is 15.5 Å². The van der Waals surface area contributed by atoms with Gasteiger partial charge < -0.3 is 26.0 Å². The van der Waals surface area contributed by atoms with Gasteiger partial charge in [0.25, 0.3) is 0 Å². The molecular formula is C31H46Cl2F2N4O3. The summed E-state index contributed by atoms with van der Waals surface area (Å²) in [6, 6.07) is 2.64. The molecule has 2 aliphatic heterocycles. The zero-order valence-electron chi connectivity index (χ0n) is 25.2. The lowest BCUT2D eigenvalue weighted by Crippen LogP contribution is -2.39. The number of hydrogen-bond donors (Lipinski definition) is 4. The van der Waals surface area contributed by atoms with Crippen molar-refractivity contribution < 1.29 is 23.5 Å². The number of carbonyl (C=O) groups is 2. The van der Waals surface area contributed by atoms with Crippen molar-refractivity contribution in [2.45, 2.75) is 59.5 Å². The summed E-state index contributed by atoms with van der Waals surface area (Å²) in [5.74, 6) is -1.61. The van der Waals surface area contributed by atoms with Crippen LogP contribution in [0.3, 0.4) is 0 Å². The molecule has 0 saturated carbocycles. The highest BCUT2D eigenvalue weighted by Crippen LogP contribution is 2.37. The number of anilines is 1. The molecule has 1 aromatic rings. The minimum Gasteiger partial charge on any atom is -0.393 e. The van der Waals surface area contributed by atoms with E-state index in [0.717, 1.165) is 38.9 Å². The lowest BCUT2D eigenvalue weighted by Gasteiger charge is -2.29. The highest BCUT2D eigenvalue weighted by atomic mass is 35.5. The van der Waals surface area contributed by atoms with Gasteiger partial charge in [-0.15, -0.1) is 0 Å². The fourth-order valence-corrected chi connectivity index (χ4v) is 4.52. The average molecular weight is 632 g/mol. The predicted molar refractivity (Wildman–Crippen MR) is 169 cm³/mol. The number of carbonyl (C=O) groups excluding carboxylic acids is 2. The van der Waals surface area contributed by atoms with Crippen LogP contribution < -0.4 is 16.0 Å². The Labute approximate surface area is 259 Å². The van der Waals surface area contributed by atoms with E-state index in [9.17, 15) is 23.5 Å². The zero-order chi connectivity index (χ0) is 31.7. The van der Waals surface area contributed by atoms with E-state index in [1.54, 1.807) is 19.1 Å². The number of nitrogens with zero attached hydrogens (tertiary/aromatic N) is 1. The quantitative estimate of drug-likeness (QED) is 0.141. The van der Waals surface area contributed by atoms with Gasteiger partial charge in [-0.3, -0.25) is 9.59 Å². The van der Waals surface area contributed by atoms with Gasteiger partial charge >= 0.3 is 0 Å². The molecule has 3 rings (SSSR count). The minimum absolute atomic E-state index is 0.00252. The SMILES string of the molecule is CC(C)(C)C.C\C=C/C=C(Cl)\C(F)=C\[C@H]1CNC[C@H]1c1cc(F)c(Cl)cc1NC=O.O=CNCCN1CCC(O)CC1.